The molecule has 3 aromatic rings. The van der Waals surface area contributed by atoms with E-state index in [4.69, 9.17) is 14.7 Å². The molecule has 0 radical (unpaired) electrons. The topological polar surface area (TPSA) is 85.3 Å². The number of aromatic hydroxyl groups is 1. The number of nitrogens with zero attached hydrogens (tertiary/aromatic N) is 6. The van der Waals surface area contributed by atoms with Gasteiger partial charge >= 0.3 is 6.01 Å². The van der Waals surface area contributed by atoms with Gasteiger partial charge in [-0.1, -0.05) is 30.8 Å². The van der Waals surface area contributed by atoms with Crippen LogP contribution in [0.2, 0.25) is 0 Å². The Hall–Kier alpha value is -3.99. The molecule has 2 saturated heterocycles. The zero-order valence-electron chi connectivity index (χ0n) is 22.9. The maximum Gasteiger partial charge on any atom is 0.318 e. The Morgan fingerprint density at radius 1 is 1.07 bits per heavy atom. The number of carbonyl (C=O) groups is 1. The third-order valence-corrected chi connectivity index (χ3v) is 8.14. The van der Waals surface area contributed by atoms with Crippen molar-refractivity contribution in [2.24, 2.45) is 0 Å². The number of phenolic OH excluding ortho intramolecular Hbond substituents is 1. The van der Waals surface area contributed by atoms with Crippen LogP contribution >= 0.6 is 0 Å². The second-order valence-electron chi connectivity index (χ2n) is 10.9. The molecule has 2 fully saturated rings. The van der Waals surface area contributed by atoms with Crippen LogP contribution in [0.4, 0.5) is 20.3 Å². The molecule has 1 N–H and O–H groups in total. The van der Waals surface area contributed by atoms with E-state index >= 15 is 0 Å². The van der Waals surface area contributed by atoms with Gasteiger partial charge in [0, 0.05) is 74.9 Å². The quantitative estimate of drug-likeness (QED) is 0.437. The largest absolute Gasteiger partial charge is 0.508 e. The maximum absolute atomic E-state index is 13.6. The normalized spacial score (nSPS) is 18.9. The second-order valence-corrected chi connectivity index (χ2v) is 10.9. The number of amides is 1. The Morgan fingerprint density at radius 2 is 1.88 bits per heavy atom. The molecule has 0 atom stereocenters. The minimum atomic E-state index is -2.65. The first-order valence-corrected chi connectivity index (χ1v) is 14.1. The average Bonchev–Trinajstić information content (AvgIpc) is 3.33. The fourth-order valence-electron chi connectivity index (χ4n) is 5.99. The zero-order valence-corrected chi connectivity index (χ0v) is 22.9. The summed E-state index contributed by atoms with van der Waals surface area (Å²) in [5.41, 5.74) is 2.81. The van der Waals surface area contributed by atoms with Crippen LogP contribution in [-0.4, -0.2) is 95.7 Å². The molecule has 0 unspecified atom stereocenters. The molecule has 0 bridgehead atoms. The van der Waals surface area contributed by atoms with Gasteiger partial charge in [-0.05, 0) is 23.9 Å². The lowest BCUT2D eigenvalue weighted by atomic mass is 10.0. The highest BCUT2D eigenvalue weighted by atomic mass is 19.3. The van der Waals surface area contributed by atoms with Gasteiger partial charge < -0.3 is 24.5 Å². The van der Waals surface area contributed by atoms with Crippen molar-refractivity contribution in [3.05, 3.63) is 60.3 Å². The van der Waals surface area contributed by atoms with Crippen molar-refractivity contribution in [1.82, 2.24) is 19.8 Å². The van der Waals surface area contributed by atoms with Crippen molar-refractivity contribution in [2.75, 3.05) is 68.8 Å². The smallest absolute Gasteiger partial charge is 0.318 e. The molecule has 9 nitrogen and oxygen atoms in total. The lowest BCUT2D eigenvalue weighted by molar-refractivity contribution is -0.126. The van der Waals surface area contributed by atoms with Gasteiger partial charge in [0.15, 0.2) is 0 Å². The van der Waals surface area contributed by atoms with Crippen molar-refractivity contribution in [1.29, 1.82) is 0 Å². The third-order valence-electron chi connectivity index (χ3n) is 8.14. The molecule has 41 heavy (non-hydrogen) atoms. The van der Waals surface area contributed by atoms with Crippen molar-refractivity contribution >= 4 is 28.2 Å². The van der Waals surface area contributed by atoms with Crippen LogP contribution in [0.25, 0.3) is 10.8 Å². The molecule has 6 rings (SSSR count). The Bertz CT molecular complexity index is 1460. The van der Waals surface area contributed by atoms with E-state index in [1.165, 1.54) is 6.08 Å². The van der Waals surface area contributed by atoms with E-state index in [9.17, 15) is 18.7 Å². The zero-order chi connectivity index (χ0) is 28.6. The number of alkyl halides is 2. The fourth-order valence-corrected chi connectivity index (χ4v) is 5.99. The second kappa shape index (κ2) is 11.1. The van der Waals surface area contributed by atoms with E-state index in [-0.39, 0.29) is 37.2 Å². The number of likely N-dealkylation sites (tertiary alicyclic amines) is 1. The molecule has 0 saturated carbocycles. The van der Waals surface area contributed by atoms with E-state index < -0.39 is 5.92 Å². The highest BCUT2D eigenvalue weighted by Gasteiger charge is 2.38. The summed E-state index contributed by atoms with van der Waals surface area (Å²) >= 11 is 0. The van der Waals surface area contributed by atoms with Crippen LogP contribution in [0, 0.1) is 0 Å². The number of piperazine rings is 1. The number of ether oxygens (including phenoxy) is 1. The van der Waals surface area contributed by atoms with Gasteiger partial charge in [0.1, 0.15) is 18.2 Å². The molecule has 11 heteroatoms. The van der Waals surface area contributed by atoms with Crippen LogP contribution in [0.5, 0.6) is 11.8 Å². The predicted octanol–water partition coefficient (Wildman–Crippen LogP) is 3.45. The number of rotatable bonds is 7. The van der Waals surface area contributed by atoms with Gasteiger partial charge in [0.05, 0.1) is 18.8 Å². The van der Waals surface area contributed by atoms with E-state index in [1.54, 1.807) is 21.9 Å². The van der Waals surface area contributed by atoms with Crippen molar-refractivity contribution in [2.45, 2.75) is 25.3 Å². The Kier molecular flexibility index (Phi) is 7.37. The van der Waals surface area contributed by atoms with E-state index in [0.717, 1.165) is 40.1 Å². The van der Waals surface area contributed by atoms with Crippen LogP contribution in [0.15, 0.2) is 49.1 Å². The minimum Gasteiger partial charge on any atom is -0.508 e. The van der Waals surface area contributed by atoms with Crippen molar-refractivity contribution in [3.8, 4) is 11.8 Å². The number of phenols is 1. The summed E-state index contributed by atoms with van der Waals surface area (Å²) in [4.78, 5) is 29.6. The molecule has 216 valence electrons. The van der Waals surface area contributed by atoms with Crippen LogP contribution in [-0.2, 0) is 17.8 Å². The molecule has 2 aromatic carbocycles. The number of aromatic nitrogens is 2. The summed E-state index contributed by atoms with van der Waals surface area (Å²) in [6.45, 7) is 7.83. The number of benzene rings is 2. The van der Waals surface area contributed by atoms with E-state index in [2.05, 4.69) is 16.4 Å². The minimum absolute atomic E-state index is 0.0835. The Morgan fingerprint density at radius 3 is 2.63 bits per heavy atom. The number of fused-ring (bicyclic) bond motifs is 2. The van der Waals surface area contributed by atoms with Crippen LogP contribution < -0.4 is 14.5 Å². The first-order valence-electron chi connectivity index (χ1n) is 14.1. The maximum atomic E-state index is 13.6. The van der Waals surface area contributed by atoms with Crippen LogP contribution in [0.1, 0.15) is 17.7 Å². The summed E-state index contributed by atoms with van der Waals surface area (Å²) in [6, 6.07) is 11.7. The third kappa shape index (κ3) is 5.76. The number of hydrogen-bond donors (Lipinski definition) is 1. The van der Waals surface area contributed by atoms with E-state index in [0.29, 0.717) is 52.2 Å². The molecular formula is C30H34F2N6O3. The summed E-state index contributed by atoms with van der Waals surface area (Å²) in [5.74, 6) is -1.73. The Labute approximate surface area is 237 Å². The highest BCUT2D eigenvalue weighted by Crippen LogP contribution is 2.36. The number of hydrogen-bond acceptors (Lipinski definition) is 8. The molecule has 1 amide bonds. The predicted molar refractivity (Wildman–Crippen MR) is 153 cm³/mol. The molecule has 0 spiro atoms. The van der Waals surface area contributed by atoms with Crippen molar-refractivity contribution in [3.63, 3.8) is 0 Å². The van der Waals surface area contributed by atoms with Gasteiger partial charge in [0.25, 0.3) is 5.92 Å². The summed E-state index contributed by atoms with van der Waals surface area (Å²) < 4.78 is 33.2. The van der Waals surface area contributed by atoms with Gasteiger partial charge in [0.2, 0.25) is 5.91 Å². The molecular weight excluding hydrogens is 530 g/mol. The lowest BCUT2D eigenvalue weighted by Gasteiger charge is -2.38. The molecule has 1 aromatic heterocycles. The first kappa shape index (κ1) is 27.2. The van der Waals surface area contributed by atoms with Crippen molar-refractivity contribution < 1.29 is 23.4 Å². The standard InChI is InChI=1S/C30H34F2N6O3/c1-2-27(40)36-11-13-37(14-12-36)28-24-7-9-38(26-18-22(39)17-21-5-3-4-6-23(21)26)19-25(24)33-29(34-28)41-16-15-35-10-8-30(31,32)20-35/h2-6,17-18,39H,1,7-16,19-20H2. The lowest BCUT2D eigenvalue weighted by Crippen LogP contribution is -2.49. The van der Waals surface area contributed by atoms with Gasteiger partial charge in [-0.2, -0.15) is 9.97 Å². The monoisotopic (exact) mass is 564 g/mol. The molecule has 0 aliphatic carbocycles. The molecule has 3 aliphatic rings. The SMILES string of the molecule is C=CC(=O)N1CCN(c2nc(OCCN3CCC(F)(F)C3)nc3c2CCN(c2cc(O)cc4ccccc24)C3)CC1. The summed E-state index contributed by atoms with van der Waals surface area (Å²) in [6.07, 6.45) is 1.90. The number of halogens is 2. The molecule has 3 aliphatic heterocycles. The number of anilines is 2. The van der Waals surface area contributed by atoms with Gasteiger partial charge in [-0.3, -0.25) is 9.69 Å². The molecule has 4 heterocycles. The highest BCUT2D eigenvalue weighted by molar-refractivity contribution is 5.95. The Balaban J connectivity index is 1.27. The van der Waals surface area contributed by atoms with Crippen LogP contribution in [0.3, 0.4) is 0 Å². The van der Waals surface area contributed by atoms with Gasteiger partial charge in [-0.15, -0.1) is 0 Å². The summed E-state index contributed by atoms with van der Waals surface area (Å²) in [5, 5.41) is 12.4. The fraction of sp³-hybridized carbons (Fsp3) is 0.433. The average molecular weight is 565 g/mol. The number of carbonyl (C=O) groups excluding carboxylic acids is 1. The summed E-state index contributed by atoms with van der Waals surface area (Å²) in [7, 11) is 0. The first-order chi connectivity index (χ1) is 19.8. The van der Waals surface area contributed by atoms with E-state index in [1.807, 2.05) is 24.3 Å². The van der Waals surface area contributed by atoms with Gasteiger partial charge in [-0.25, -0.2) is 8.78 Å².